The maximum atomic E-state index is 6.25. The third-order valence-corrected chi connectivity index (χ3v) is 4.39. The third-order valence-electron chi connectivity index (χ3n) is 3.13. The summed E-state index contributed by atoms with van der Waals surface area (Å²) < 4.78 is 0. The summed E-state index contributed by atoms with van der Waals surface area (Å²) in [5.41, 5.74) is 10.1. The van der Waals surface area contributed by atoms with Gasteiger partial charge in [0.05, 0.1) is 5.69 Å². The van der Waals surface area contributed by atoms with E-state index in [0.717, 1.165) is 37.8 Å². The molecule has 5 heteroatoms. The Hall–Kier alpha value is -1.78. The molecule has 0 aliphatic rings. The minimum atomic E-state index is 0.716. The summed E-state index contributed by atoms with van der Waals surface area (Å²) in [4.78, 5) is 5.52. The fraction of sp³-hybridized carbons (Fsp3) is 0.133. The van der Waals surface area contributed by atoms with Crippen LogP contribution in [0.15, 0.2) is 30.3 Å². The molecule has 2 aromatic heterocycles. The molecule has 2 heterocycles. The van der Waals surface area contributed by atoms with Crippen molar-refractivity contribution in [2.45, 2.75) is 13.8 Å². The molecule has 0 spiro atoms. The first-order valence-electron chi connectivity index (χ1n) is 6.23. The lowest BCUT2D eigenvalue weighted by atomic mass is 10.1. The number of hydrogen-bond acceptors (Lipinski definition) is 4. The SMILES string of the molecule is Cc1cc(C)c2c(N)c(Nc3ccc(Cl)cc3)sc2n1. The van der Waals surface area contributed by atoms with E-state index in [1.165, 1.54) is 0 Å². The van der Waals surface area contributed by atoms with Crippen molar-refractivity contribution in [3.63, 3.8) is 0 Å². The van der Waals surface area contributed by atoms with Crippen LogP contribution in [0.25, 0.3) is 10.2 Å². The number of fused-ring (bicyclic) bond motifs is 1. The van der Waals surface area contributed by atoms with Crippen LogP contribution in [-0.4, -0.2) is 4.98 Å². The number of nitrogen functional groups attached to an aromatic ring is 1. The van der Waals surface area contributed by atoms with Crippen molar-refractivity contribution in [3.05, 3.63) is 46.6 Å². The van der Waals surface area contributed by atoms with Crippen molar-refractivity contribution in [1.82, 2.24) is 4.98 Å². The largest absolute Gasteiger partial charge is 0.396 e. The van der Waals surface area contributed by atoms with Gasteiger partial charge in [-0.3, -0.25) is 0 Å². The van der Waals surface area contributed by atoms with E-state index in [0.29, 0.717) is 5.02 Å². The first kappa shape index (κ1) is 13.2. The van der Waals surface area contributed by atoms with E-state index in [4.69, 9.17) is 17.3 Å². The number of nitrogens with one attached hydrogen (secondary N) is 1. The maximum absolute atomic E-state index is 6.25. The predicted molar refractivity (Wildman–Crippen MR) is 88.2 cm³/mol. The summed E-state index contributed by atoms with van der Waals surface area (Å²) in [6.45, 7) is 4.06. The Bertz CT molecular complexity index is 778. The zero-order valence-corrected chi connectivity index (χ0v) is 12.8. The second kappa shape index (κ2) is 4.96. The molecule has 0 bridgehead atoms. The van der Waals surface area contributed by atoms with Crippen molar-refractivity contribution in [2.75, 3.05) is 11.1 Å². The minimum Gasteiger partial charge on any atom is -0.396 e. The van der Waals surface area contributed by atoms with E-state index in [9.17, 15) is 0 Å². The van der Waals surface area contributed by atoms with Crippen molar-refractivity contribution >= 4 is 49.5 Å². The van der Waals surface area contributed by atoms with Gasteiger partial charge in [0.25, 0.3) is 0 Å². The molecule has 102 valence electrons. The first-order valence-corrected chi connectivity index (χ1v) is 7.43. The number of pyridine rings is 1. The van der Waals surface area contributed by atoms with E-state index in [-0.39, 0.29) is 0 Å². The number of rotatable bonds is 2. The van der Waals surface area contributed by atoms with Gasteiger partial charge < -0.3 is 11.1 Å². The molecule has 0 saturated heterocycles. The predicted octanol–water partition coefficient (Wildman–Crippen LogP) is 4.89. The second-order valence-electron chi connectivity index (χ2n) is 4.74. The lowest BCUT2D eigenvalue weighted by molar-refractivity contribution is 1.25. The Labute approximate surface area is 126 Å². The smallest absolute Gasteiger partial charge is 0.127 e. The number of aryl methyl sites for hydroxylation is 2. The number of nitrogens with zero attached hydrogens (tertiary/aromatic N) is 1. The van der Waals surface area contributed by atoms with E-state index >= 15 is 0 Å². The topological polar surface area (TPSA) is 50.9 Å². The van der Waals surface area contributed by atoms with Gasteiger partial charge in [0.1, 0.15) is 9.83 Å². The molecule has 0 saturated carbocycles. The summed E-state index contributed by atoms with van der Waals surface area (Å²) in [5, 5.41) is 6.01. The summed E-state index contributed by atoms with van der Waals surface area (Å²) in [5.74, 6) is 0. The van der Waals surface area contributed by atoms with Crippen LogP contribution in [0.4, 0.5) is 16.4 Å². The Morgan fingerprint density at radius 2 is 1.90 bits per heavy atom. The van der Waals surface area contributed by atoms with Gasteiger partial charge in [-0.15, -0.1) is 0 Å². The van der Waals surface area contributed by atoms with Gasteiger partial charge in [-0.2, -0.15) is 0 Å². The van der Waals surface area contributed by atoms with Gasteiger partial charge in [0, 0.05) is 21.8 Å². The molecule has 3 rings (SSSR count). The van der Waals surface area contributed by atoms with Crippen LogP contribution in [-0.2, 0) is 0 Å². The molecule has 3 nitrogen and oxygen atoms in total. The maximum Gasteiger partial charge on any atom is 0.127 e. The zero-order chi connectivity index (χ0) is 14.3. The quantitative estimate of drug-likeness (QED) is 0.708. The van der Waals surface area contributed by atoms with Gasteiger partial charge in [-0.1, -0.05) is 22.9 Å². The molecule has 0 fully saturated rings. The number of thiophene rings is 1. The lowest BCUT2D eigenvalue weighted by Gasteiger charge is -2.05. The number of halogens is 1. The molecule has 0 aliphatic heterocycles. The first-order chi connectivity index (χ1) is 9.54. The molecular formula is C15H14ClN3S. The van der Waals surface area contributed by atoms with E-state index in [2.05, 4.69) is 23.3 Å². The highest BCUT2D eigenvalue weighted by Crippen LogP contribution is 2.40. The van der Waals surface area contributed by atoms with E-state index in [1.807, 2.05) is 31.2 Å². The molecule has 3 N–H and O–H groups in total. The Balaban J connectivity index is 2.06. The van der Waals surface area contributed by atoms with Gasteiger partial charge in [0.2, 0.25) is 0 Å². The Morgan fingerprint density at radius 1 is 1.20 bits per heavy atom. The van der Waals surface area contributed by atoms with Gasteiger partial charge in [-0.05, 0) is 49.7 Å². The number of hydrogen-bond donors (Lipinski definition) is 2. The van der Waals surface area contributed by atoms with Gasteiger partial charge >= 0.3 is 0 Å². The summed E-state index contributed by atoms with van der Waals surface area (Å²) in [7, 11) is 0. The molecule has 0 unspecified atom stereocenters. The molecule has 0 aliphatic carbocycles. The fourth-order valence-corrected chi connectivity index (χ4v) is 3.49. The van der Waals surface area contributed by atoms with Crippen LogP contribution in [0.1, 0.15) is 11.3 Å². The molecule has 0 radical (unpaired) electrons. The van der Waals surface area contributed by atoms with E-state index < -0.39 is 0 Å². The van der Waals surface area contributed by atoms with Crippen molar-refractivity contribution in [1.29, 1.82) is 0 Å². The van der Waals surface area contributed by atoms with Crippen LogP contribution in [0.3, 0.4) is 0 Å². The molecule has 1 aromatic carbocycles. The molecule has 0 atom stereocenters. The number of anilines is 3. The summed E-state index contributed by atoms with van der Waals surface area (Å²) >= 11 is 7.46. The Morgan fingerprint density at radius 3 is 2.60 bits per heavy atom. The average Bonchev–Trinajstić information content (AvgIpc) is 2.69. The number of nitrogens with two attached hydrogens (primary N) is 1. The average molecular weight is 304 g/mol. The van der Waals surface area contributed by atoms with Crippen molar-refractivity contribution in [3.8, 4) is 0 Å². The van der Waals surface area contributed by atoms with Crippen molar-refractivity contribution < 1.29 is 0 Å². The zero-order valence-electron chi connectivity index (χ0n) is 11.2. The van der Waals surface area contributed by atoms with Crippen molar-refractivity contribution in [2.24, 2.45) is 0 Å². The highest BCUT2D eigenvalue weighted by molar-refractivity contribution is 7.23. The minimum absolute atomic E-state index is 0.716. The number of aromatic nitrogens is 1. The normalized spacial score (nSPS) is 10.9. The third kappa shape index (κ3) is 2.32. The molecule has 0 amide bonds. The second-order valence-corrected chi connectivity index (χ2v) is 6.17. The van der Waals surface area contributed by atoms with Crippen LogP contribution in [0, 0.1) is 13.8 Å². The molecule has 3 aromatic rings. The summed E-state index contributed by atoms with van der Waals surface area (Å²) in [6, 6.07) is 9.61. The Kier molecular flexibility index (Phi) is 3.28. The monoisotopic (exact) mass is 303 g/mol. The molecule has 20 heavy (non-hydrogen) atoms. The highest BCUT2D eigenvalue weighted by atomic mass is 35.5. The summed E-state index contributed by atoms with van der Waals surface area (Å²) in [6.07, 6.45) is 0. The lowest BCUT2D eigenvalue weighted by Crippen LogP contribution is -1.93. The van der Waals surface area contributed by atoms with Crippen LogP contribution < -0.4 is 11.1 Å². The van der Waals surface area contributed by atoms with E-state index in [1.54, 1.807) is 11.3 Å². The fourth-order valence-electron chi connectivity index (χ4n) is 2.23. The number of benzene rings is 1. The standard InChI is InChI=1S/C15H14ClN3S/c1-8-7-9(2)18-14-12(8)13(17)15(20-14)19-11-5-3-10(16)4-6-11/h3-7,19H,17H2,1-2H3. The van der Waals surface area contributed by atoms with Gasteiger partial charge in [0.15, 0.2) is 0 Å². The van der Waals surface area contributed by atoms with Crippen LogP contribution in [0.5, 0.6) is 0 Å². The van der Waals surface area contributed by atoms with Gasteiger partial charge in [-0.25, -0.2) is 4.98 Å². The highest BCUT2D eigenvalue weighted by Gasteiger charge is 2.13. The van der Waals surface area contributed by atoms with Crippen LogP contribution in [0.2, 0.25) is 5.02 Å². The molecular weight excluding hydrogens is 290 g/mol. The van der Waals surface area contributed by atoms with Crippen LogP contribution >= 0.6 is 22.9 Å².